The summed E-state index contributed by atoms with van der Waals surface area (Å²) in [5, 5.41) is 8.56. The summed E-state index contributed by atoms with van der Waals surface area (Å²) in [7, 11) is 0. The maximum atomic E-state index is 10.4. The van der Waals surface area contributed by atoms with Gasteiger partial charge in [0.15, 0.2) is 0 Å². The zero-order valence-corrected chi connectivity index (χ0v) is 18.1. The molecule has 1 aliphatic carbocycles. The molecule has 27 heavy (non-hydrogen) atoms. The van der Waals surface area contributed by atoms with Gasteiger partial charge in [0.05, 0.1) is 0 Å². The van der Waals surface area contributed by atoms with Crippen molar-refractivity contribution in [3.05, 3.63) is 12.2 Å². The number of rotatable bonds is 20. The van der Waals surface area contributed by atoms with Crippen molar-refractivity contribution in [2.24, 2.45) is 11.8 Å². The number of carbonyl (C=O) groups is 1. The fraction of sp³-hybridized carbons (Fsp3) is 0.880. The van der Waals surface area contributed by atoms with Crippen LogP contribution < -0.4 is 0 Å². The van der Waals surface area contributed by atoms with Gasteiger partial charge in [-0.05, 0) is 43.9 Å². The van der Waals surface area contributed by atoms with E-state index >= 15 is 0 Å². The Hall–Kier alpha value is -0.790. The molecule has 2 atom stereocenters. The minimum Gasteiger partial charge on any atom is -0.481 e. The minimum absolute atomic E-state index is 0.297. The Morgan fingerprint density at radius 2 is 1.22 bits per heavy atom. The van der Waals surface area contributed by atoms with Crippen LogP contribution in [0.5, 0.6) is 0 Å². The molecule has 0 amide bonds. The first-order chi connectivity index (χ1) is 13.2. The second-order valence-electron chi connectivity index (χ2n) is 8.77. The average molecular weight is 379 g/mol. The van der Waals surface area contributed by atoms with Gasteiger partial charge in [0.1, 0.15) is 0 Å². The predicted octanol–water partition coefficient (Wildman–Crippen LogP) is 8.31. The van der Waals surface area contributed by atoms with Gasteiger partial charge in [0.2, 0.25) is 0 Å². The highest BCUT2D eigenvalue weighted by atomic mass is 16.4. The van der Waals surface area contributed by atoms with Crippen molar-refractivity contribution in [1.29, 1.82) is 0 Å². The molecular weight excluding hydrogens is 332 g/mol. The third kappa shape index (κ3) is 15.9. The van der Waals surface area contributed by atoms with Gasteiger partial charge in [-0.3, -0.25) is 4.79 Å². The molecule has 1 fully saturated rings. The summed E-state index contributed by atoms with van der Waals surface area (Å²) in [6.07, 6.45) is 29.1. The van der Waals surface area contributed by atoms with Crippen molar-refractivity contribution < 1.29 is 9.90 Å². The second kappa shape index (κ2) is 17.3. The van der Waals surface area contributed by atoms with E-state index in [0.717, 1.165) is 31.1 Å². The number of carboxylic acids is 1. The minimum atomic E-state index is -0.682. The fourth-order valence-electron chi connectivity index (χ4n) is 4.19. The normalized spacial score (nSPS) is 19.0. The fourth-order valence-corrected chi connectivity index (χ4v) is 4.19. The van der Waals surface area contributed by atoms with Crippen molar-refractivity contribution in [3.63, 3.8) is 0 Å². The molecule has 2 unspecified atom stereocenters. The van der Waals surface area contributed by atoms with E-state index in [1.807, 2.05) is 0 Å². The monoisotopic (exact) mass is 378 g/mol. The van der Waals surface area contributed by atoms with E-state index in [-0.39, 0.29) is 0 Å². The highest BCUT2D eigenvalue weighted by molar-refractivity contribution is 5.66. The average Bonchev–Trinajstić information content (AvgIpc) is 3.40. The molecule has 0 bridgehead atoms. The Bertz CT molecular complexity index is 375. The Morgan fingerprint density at radius 1 is 0.741 bits per heavy atom. The van der Waals surface area contributed by atoms with Crippen molar-refractivity contribution in [2.75, 3.05) is 0 Å². The van der Waals surface area contributed by atoms with Gasteiger partial charge in [0, 0.05) is 6.42 Å². The van der Waals surface area contributed by atoms with Gasteiger partial charge in [0.25, 0.3) is 0 Å². The van der Waals surface area contributed by atoms with Crippen LogP contribution in [-0.4, -0.2) is 11.1 Å². The first-order valence-corrected chi connectivity index (χ1v) is 12.1. The van der Waals surface area contributed by atoms with Gasteiger partial charge < -0.3 is 5.11 Å². The third-order valence-electron chi connectivity index (χ3n) is 6.12. The molecule has 0 aromatic heterocycles. The Labute approximate surface area is 169 Å². The van der Waals surface area contributed by atoms with E-state index in [9.17, 15) is 4.79 Å². The zero-order chi connectivity index (χ0) is 19.6. The van der Waals surface area contributed by atoms with Crippen LogP contribution in [0.4, 0.5) is 0 Å². The molecule has 1 aliphatic rings. The molecule has 2 nitrogen and oxygen atoms in total. The molecule has 158 valence electrons. The van der Waals surface area contributed by atoms with Gasteiger partial charge in [-0.1, -0.05) is 103 Å². The number of allylic oxidation sites excluding steroid dienone is 2. The molecule has 1 rings (SSSR count). The van der Waals surface area contributed by atoms with Crippen LogP contribution in [0.2, 0.25) is 0 Å². The van der Waals surface area contributed by atoms with E-state index in [1.165, 1.54) is 96.3 Å². The van der Waals surface area contributed by atoms with E-state index in [2.05, 4.69) is 19.1 Å². The highest BCUT2D eigenvalue weighted by Crippen LogP contribution is 2.45. The van der Waals surface area contributed by atoms with E-state index in [4.69, 9.17) is 5.11 Å². The van der Waals surface area contributed by atoms with Crippen LogP contribution in [0.15, 0.2) is 12.2 Å². The molecule has 1 N–H and O–H groups in total. The maximum absolute atomic E-state index is 10.4. The molecule has 0 aromatic carbocycles. The van der Waals surface area contributed by atoms with Gasteiger partial charge in [-0.15, -0.1) is 0 Å². The number of hydrogen-bond donors (Lipinski definition) is 1. The lowest BCUT2D eigenvalue weighted by Crippen LogP contribution is -1.92. The van der Waals surface area contributed by atoms with E-state index in [1.54, 1.807) is 0 Å². The lowest BCUT2D eigenvalue weighted by atomic mass is 10.0. The van der Waals surface area contributed by atoms with Gasteiger partial charge >= 0.3 is 5.97 Å². The molecule has 0 aromatic rings. The molecule has 0 aliphatic heterocycles. The topological polar surface area (TPSA) is 37.3 Å². The number of aliphatic carboxylic acids is 1. The first kappa shape index (κ1) is 24.2. The van der Waals surface area contributed by atoms with E-state index < -0.39 is 5.97 Å². The van der Waals surface area contributed by atoms with E-state index in [0.29, 0.717) is 6.42 Å². The summed E-state index contributed by atoms with van der Waals surface area (Å²) < 4.78 is 0. The zero-order valence-electron chi connectivity index (χ0n) is 18.1. The van der Waals surface area contributed by atoms with Gasteiger partial charge in [-0.25, -0.2) is 0 Å². The van der Waals surface area contributed by atoms with Crippen molar-refractivity contribution >= 4 is 5.97 Å². The van der Waals surface area contributed by atoms with Crippen molar-refractivity contribution in [2.45, 2.75) is 129 Å². The largest absolute Gasteiger partial charge is 0.481 e. The maximum Gasteiger partial charge on any atom is 0.303 e. The summed E-state index contributed by atoms with van der Waals surface area (Å²) in [5.74, 6) is 1.50. The van der Waals surface area contributed by atoms with Crippen LogP contribution in [-0.2, 0) is 4.79 Å². The lowest BCUT2D eigenvalue weighted by molar-refractivity contribution is -0.137. The molecule has 0 saturated heterocycles. The van der Waals surface area contributed by atoms with Gasteiger partial charge in [-0.2, -0.15) is 0 Å². The summed E-state index contributed by atoms with van der Waals surface area (Å²) in [6.45, 7) is 2.29. The quantitative estimate of drug-likeness (QED) is 0.171. The smallest absolute Gasteiger partial charge is 0.303 e. The number of carboxylic acid groups (broad SMARTS) is 1. The SMILES string of the molecule is CCCCCCCCC1CC1CCCCCCCC/C=C\CCCC(=O)O. The number of unbranched alkanes of at least 4 members (excludes halogenated alkanes) is 12. The van der Waals surface area contributed by atoms with Crippen LogP contribution in [0.25, 0.3) is 0 Å². The Morgan fingerprint density at radius 3 is 1.78 bits per heavy atom. The van der Waals surface area contributed by atoms with Crippen molar-refractivity contribution in [1.82, 2.24) is 0 Å². The highest BCUT2D eigenvalue weighted by Gasteiger charge is 2.34. The number of hydrogen-bond acceptors (Lipinski definition) is 1. The third-order valence-corrected chi connectivity index (χ3v) is 6.12. The molecular formula is C25H46O2. The summed E-state index contributed by atoms with van der Waals surface area (Å²) in [6, 6.07) is 0. The van der Waals surface area contributed by atoms with Crippen LogP contribution in [0, 0.1) is 11.8 Å². The predicted molar refractivity (Wildman–Crippen MR) is 117 cm³/mol. The van der Waals surface area contributed by atoms with Crippen LogP contribution in [0.1, 0.15) is 129 Å². The standard InChI is InChI=1S/C25H46O2/c1-2-3-4-5-13-16-19-23-22-24(23)20-17-14-11-9-7-6-8-10-12-15-18-21-25(26)27/h10,12,23-24H,2-9,11,13-22H2,1H3,(H,26,27)/b12-10-. The van der Waals surface area contributed by atoms with Crippen LogP contribution >= 0.6 is 0 Å². The first-order valence-electron chi connectivity index (χ1n) is 12.1. The lowest BCUT2D eigenvalue weighted by Gasteiger charge is -2.03. The summed E-state index contributed by atoms with van der Waals surface area (Å²) >= 11 is 0. The Balaban J connectivity index is 1.74. The van der Waals surface area contributed by atoms with Crippen LogP contribution in [0.3, 0.4) is 0 Å². The summed E-state index contributed by atoms with van der Waals surface area (Å²) in [4.78, 5) is 10.4. The molecule has 0 spiro atoms. The molecule has 0 radical (unpaired) electrons. The summed E-state index contributed by atoms with van der Waals surface area (Å²) in [5.41, 5.74) is 0. The molecule has 1 saturated carbocycles. The van der Waals surface area contributed by atoms with Crippen molar-refractivity contribution in [3.8, 4) is 0 Å². The Kier molecular flexibility index (Phi) is 15.6. The molecule has 2 heteroatoms. The second-order valence-corrected chi connectivity index (χ2v) is 8.77. The molecule has 0 heterocycles.